The molecule has 0 unspecified atom stereocenters. The van der Waals surface area contributed by atoms with Gasteiger partial charge >= 0.3 is 12.1 Å². The molecule has 0 saturated heterocycles. The quantitative estimate of drug-likeness (QED) is 0.363. The molecule has 1 saturated carbocycles. The summed E-state index contributed by atoms with van der Waals surface area (Å²) in [5, 5.41) is 10.5. The van der Waals surface area contributed by atoms with Gasteiger partial charge in [-0.2, -0.15) is 5.10 Å². The van der Waals surface area contributed by atoms with Crippen LogP contribution in [0.25, 0.3) is 0 Å². The summed E-state index contributed by atoms with van der Waals surface area (Å²) < 4.78 is 7.02. The van der Waals surface area contributed by atoms with E-state index in [1.165, 1.54) is 0 Å². The molecular weight excluding hydrogens is 578 g/mol. The van der Waals surface area contributed by atoms with E-state index in [0.29, 0.717) is 26.4 Å². The largest absolute Gasteiger partial charge is 0.448 e. The van der Waals surface area contributed by atoms with Crippen molar-refractivity contribution in [2.45, 2.75) is 76.8 Å². The molecule has 1 aromatic heterocycles. The van der Waals surface area contributed by atoms with Crippen LogP contribution in [0.15, 0.2) is 22.7 Å². The topological polar surface area (TPSA) is 106 Å². The predicted molar refractivity (Wildman–Crippen MR) is 150 cm³/mol. The van der Waals surface area contributed by atoms with Crippen LogP contribution in [-0.4, -0.2) is 47.4 Å². The maximum Gasteiger partial charge on any atom is 0.436 e. The lowest BCUT2D eigenvalue weighted by molar-refractivity contribution is -0.121. The van der Waals surface area contributed by atoms with Crippen LogP contribution >= 0.6 is 27.5 Å². The third-order valence-corrected chi connectivity index (χ3v) is 12.3. The van der Waals surface area contributed by atoms with Crippen LogP contribution in [-0.2, 0) is 21.6 Å². The normalized spacial score (nSPS) is 17.6. The highest BCUT2D eigenvalue weighted by Crippen LogP contribution is 2.56. The number of fused-ring (bicyclic) bond motifs is 1. The van der Waals surface area contributed by atoms with E-state index in [0.717, 1.165) is 23.9 Å². The minimum Gasteiger partial charge on any atom is -0.448 e. The minimum absolute atomic E-state index is 0.0909. The number of carbonyl (C=O) groups excluding carboxylic acids is 3. The number of halogens is 2. The maximum atomic E-state index is 13.7. The van der Waals surface area contributed by atoms with Crippen LogP contribution in [0, 0.1) is 0 Å². The second-order valence-electron chi connectivity index (χ2n) is 11.1. The first-order valence-electron chi connectivity index (χ1n) is 12.4. The van der Waals surface area contributed by atoms with Crippen molar-refractivity contribution in [2.24, 2.45) is 0 Å². The van der Waals surface area contributed by atoms with E-state index < -0.39 is 24.7 Å². The number of rotatable bonds is 5. The molecule has 200 valence electrons. The molecule has 2 aromatic rings. The fraction of sp³-hybridized carbons (Fsp3) is 0.520. The van der Waals surface area contributed by atoms with Gasteiger partial charge in [-0.25, -0.2) is 9.59 Å². The van der Waals surface area contributed by atoms with Crippen molar-refractivity contribution in [3.8, 4) is 0 Å². The Kier molecular flexibility index (Phi) is 7.28. The predicted octanol–water partition coefficient (Wildman–Crippen LogP) is 6.79. The van der Waals surface area contributed by atoms with Crippen LogP contribution in [0.4, 0.5) is 21.1 Å². The van der Waals surface area contributed by atoms with E-state index in [-0.39, 0.29) is 30.9 Å². The highest BCUT2D eigenvalue weighted by Gasteiger charge is 2.54. The molecule has 37 heavy (non-hydrogen) atoms. The smallest absolute Gasteiger partial charge is 0.436 e. The first-order valence-corrected chi connectivity index (χ1v) is 17.1. The average molecular weight is 611 g/mol. The van der Waals surface area contributed by atoms with Crippen LogP contribution in [0.5, 0.6) is 0 Å². The Balaban J connectivity index is 1.70. The van der Waals surface area contributed by atoms with E-state index >= 15 is 0 Å². The first-order chi connectivity index (χ1) is 17.2. The summed E-state index contributed by atoms with van der Waals surface area (Å²) in [6.07, 6.45) is 1.99. The fourth-order valence-corrected chi connectivity index (χ4v) is 8.61. The van der Waals surface area contributed by atoms with Crippen LogP contribution < -0.4 is 10.6 Å². The van der Waals surface area contributed by atoms with Crippen LogP contribution in [0.3, 0.4) is 0 Å². The Morgan fingerprint density at radius 3 is 2.41 bits per heavy atom. The zero-order valence-electron chi connectivity index (χ0n) is 22.0. The molecule has 0 radical (unpaired) electrons. The molecule has 2 N–H and O–H groups in total. The van der Waals surface area contributed by atoms with E-state index in [4.69, 9.17) is 16.3 Å². The van der Waals surface area contributed by atoms with Crippen molar-refractivity contribution in [3.63, 3.8) is 0 Å². The molecule has 2 aliphatic rings. The molecule has 3 amide bonds. The minimum atomic E-state index is -1.87. The summed E-state index contributed by atoms with van der Waals surface area (Å²) in [6, 6.07) is 4.88. The Morgan fingerprint density at radius 1 is 1.19 bits per heavy atom. The van der Waals surface area contributed by atoms with Gasteiger partial charge in [-0.1, -0.05) is 43.7 Å². The number of nitrogens with one attached hydrogen (secondary N) is 2. The third kappa shape index (κ3) is 4.59. The number of carbonyl (C=O) groups is 3. The van der Waals surface area contributed by atoms with Gasteiger partial charge in [-0.15, -0.1) is 4.68 Å². The molecule has 1 aromatic carbocycles. The Labute approximate surface area is 231 Å². The van der Waals surface area contributed by atoms with E-state index in [1.807, 2.05) is 13.8 Å². The van der Waals surface area contributed by atoms with Gasteiger partial charge in [0.2, 0.25) is 5.91 Å². The molecule has 0 bridgehead atoms. The molecule has 2 heterocycles. The summed E-state index contributed by atoms with van der Waals surface area (Å²) >= 11 is 9.74. The molecule has 1 aliphatic heterocycles. The molecule has 9 nitrogen and oxygen atoms in total. The zero-order valence-corrected chi connectivity index (χ0v) is 25.3. The molecule has 12 heteroatoms. The second-order valence-corrected chi connectivity index (χ2v) is 17.8. The number of nitrogens with zero attached hydrogens (tertiary/aromatic N) is 3. The maximum absolute atomic E-state index is 13.7. The number of benzene rings is 1. The van der Waals surface area contributed by atoms with Crippen LogP contribution in [0.1, 0.15) is 51.3 Å². The zero-order chi connectivity index (χ0) is 27.3. The number of para-hydroxylation sites is 1. The number of amides is 3. The molecule has 0 spiro atoms. The Hall–Kier alpha value is -2.37. The van der Waals surface area contributed by atoms with Crippen molar-refractivity contribution in [1.29, 1.82) is 0 Å². The molecule has 1 fully saturated rings. The van der Waals surface area contributed by atoms with E-state index in [2.05, 4.69) is 51.3 Å². The van der Waals surface area contributed by atoms with Gasteiger partial charge in [-0.3, -0.25) is 4.79 Å². The van der Waals surface area contributed by atoms with Crippen molar-refractivity contribution >= 4 is 65.1 Å². The molecule has 0 atom stereocenters. The standard InChI is InChI=1S/C25H33BrClN5O4Si/c1-7-36-23(35)32-20(29-21(33)25(12-9-13-25)37(4,5)6)15-14-31(24(2,3)19(15)30-32)22(34)28-18-16(26)10-8-11-17(18)27/h8,10-11H,7,9,12-14H2,1-6H3,(H,28,34)(H,29,33). The number of hydrogen-bond donors (Lipinski definition) is 2. The van der Waals surface area contributed by atoms with Crippen molar-refractivity contribution < 1.29 is 19.1 Å². The number of hydrogen-bond acceptors (Lipinski definition) is 5. The summed E-state index contributed by atoms with van der Waals surface area (Å²) in [5.74, 6) is 0.178. The summed E-state index contributed by atoms with van der Waals surface area (Å²) in [4.78, 5) is 41.6. The van der Waals surface area contributed by atoms with Gasteiger partial charge in [0.05, 0.1) is 43.2 Å². The molecule has 4 rings (SSSR count). The van der Waals surface area contributed by atoms with Gasteiger partial charge in [0.1, 0.15) is 5.82 Å². The third-order valence-electron chi connectivity index (χ3n) is 7.74. The summed E-state index contributed by atoms with van der Waals surface area (Å²) in [6.45, 7) is 12.3. The van der Waals surface area contributed by atoms with Gasteiger partial charge in [0.25, 0.3) is 0 Å². The number of anilines is 2. The van der Waals surface area contributed by atoms with Crippen molar-refractivity contribution in [2.75, 3.05) is 17.2 Å². The molecular formula is C25H33BrClN5O4Si. The lowest BCUT2D eigenvalue weighted by atomic mass is 9.83. The van der Waals surface area contributed by atoms with Crippen molar-refractivity contribution in [1.82, 2.24) is 14.7 Å². The summed E-state index contributed by atoms with van der Waals surface area (Å²) in [5.41, 5.74) is 0.725. The van der Waals surface area contributed by atoms with Gasteiger partial charge in [0.15, 0.2) is 0 Å². The lowest BCUT2D eigenvalue weighted by Crippen LogP contribution is -2.52. The molecule has 1 aliphatic carbocycles. The average Bonchev–Trinajstić information content (AvgIpc) is 3.23. The number of urea groups is 1. The fourth-order valence-electron chi connectivity index (χ4n) is 5.21. The highest BCUT2D eigenvalue weighted by atomic mass is 79.9. The number of aromatic nitrogens is 2. The monoisotopic (exact) mass is 609 g/mol. The first kappa shape index (κ1) is 27.7. The van der Waals surface area contributed by atoms with E-state index in [9.17, 15) is 14.4 Å². The summed E-state index contributed by atoms with van der Waals surface area (Å²) in [7, 11) is -1.87. The Bertz CT molecular complexity index is 1250. The Morgan fingerprint density at radius 2 is 1.86 bits per heavy atom. The van der Waals surface area contributed by atoms with Gasteiger partial charge in [0, 0.05) is 15.1 Å². The van der Waals surface area contributed by atoms with Crippen molar-refractivity contribution in [3.05, 3.63) is 39.0 Å². The van der Waals surface area contributed by atoms with Gasteiger partial charge < -0.3 is 20.3 Å². The van der Waals surface area contributed by atoms with Gasteiger partial charge in [-0.05, 0) is 61.7 Å². The van der Waals surface area contributed by atoms with E-state index in [1.54, 1.807) is 30.0 Å². The van der Waals surface area contributed by atoms with Crippen LogP contribution in [0.2, 0.25) is 29.7 Å². The SMILES string of the molecule is CCOC(=O)n1nc2c(c1NC(=O)C1([Si](C)(C)C)CCC1)CN(C(=O)Nc1c(Cl)cccc1Br)C2(C)C. The highest BCUT2D eigenvalue weighted by molar-refractivity contribution is 9.10. The number of ether oxygens (including phenoxy) is 1. The lowest BCUT2D eigenvalue weighted by Gasteiger charge is -2.48. The second kappa shape index (κ2) is 9.74.